The number of methoxy groups -OCH3 is 1. The van der Waals surface area contributed by atoms with Crippen molar-refractivity contribution in [1.82, 2.24) is 16.2 Å². The molecule has 0 bridgehead atoms. The van der Waals surface area contributed by atoms with Crippen LogP contribution < -0.4 is 25.6 Å². The van der Waals surface area contributed by atoms with Crippen LogP contribution in [0.4, 0.5) is 0 Å². The van der Waals surface area contributed by atoms with Crippen LogP contribution in [0.1, 0.15) is 13.8 Å². The lowest BCUT2D eigenvalue weighted by Gasteiger charge is -2.16. The van der Waals surface area contributed by atoms with E-state index in [9.17, 15) is 4.79 Å². The summed E-state index contributed by atoms with van der Waals surface area (Å²) >= 11 is 5.03. The van der Waals surface area contributed by atoms with E-state index in [1.807, 2.05) is 13.8 Å². The van der Waals surface area contributed by atoms with E-state index in [1.54, 1.807) is 31.4 Å². The van der Waals surface area contributed by atoms with E-state index >= 15 is 0 Å². The fourth-order valence-corrected chi connectivity index (χ4v) is 1.91. The second-order valence-electron chi connectivity index (χ2n) is 4.70. The quantitative estimate of drug-likeness (QED) is 0.481. The number of amides is 1. The molecule has 0 saturated carbocycles. The van der Waals surface area contributed by atoms with Gasteiger partial charge in [0.05, 0.1) is 13.2 Å². The molecule has 1 amide bonds. The average molecular weight is 341 g/mol. The van der Waals surface area contributed by atoms with E-state index in [0.29, 0.717) is 24.1 Å². The standard InChI is InChI=1S/C15H23N3O4S/c1-4-21-12-5-7-13(8-6-12)22-10-14(19)17-18-15(23)16-11(2)9-20-3/h5-8,11H,4,9-10H2,1-3H3,(H,17,19)(H2,16,18,23)/t11-/m0/s1. The molecule has 0 aliphatic rings. The first-order valence-electron chi connectivity index (χ1n) is 7.25. The number of hydrazine groups is 1. The topological polar surface area (TPSA) is 80.9 Å². The van der Waals surface area contributed by atoms with Crippen LogP contribution in [0, 0.1) is 0 Å². The zero-order valence-electron chi connectivity index (χ0n) is 13.5. The number of ether oxygens (including phenoxy) is 3. The number of hydrogen-bond donors (Lipinski definition) is 3. The Kier molecular flexibility index (Phi) is 8.78. The molecule has 0 aliphatic heterocycles. The average Bonchev–Trinajstić information content (AvgIpc) is 2.52. The van der Waals surface area contributed by atoms with E-state index < -0.39 is 0 Å². The SMILES string of the molecule is CCOc1ccc(OCC(=O)NNC(=S)N[C@@H](C)COC)cc1. The predicted octanol–water partition coefficient (Wildman–Crippen LogP) is 0.994. The third-order valence-electron chi connectivity index (χ3n) is 2.61. The molecule has 0 heterocycles. The van der Waals surface area contributed by atoms with Gasteiger partial charge in [0.1, 0.15) is 11.5 Å². The Labute approximate surface area is 141 Å². The highest BCUT2D eigenvalue weighted by atomic mass is 32.1. The molecule has 0 spiro atoms. The summed E-state index contributed by atoms with van der Waals surface area (Å²) in [6.45, 7) is 4.81. The smallest absolute Gasteiger partial charge is 0.276 e. The summed E-state index contributed by atoms with van der Waals surface area (Å²) in [4.78, 5) is 11.7. The Morgan fingerprint density at radius 1 is 1.17 bits per heavy atom. The first-order chi connectivity index (χ1) is 11.0. The lowest BCUT2D eigenvalue weighted by Crippen LogP contribution is -2.50. The molecule has 128 valence electrons. The number of rotatable bonds is 8. The van der Waals surface area contributed by atoms with E-state index in [0.717, 1.165) is 5.75 Å². The fraction of sp³-hybridized carbons (Fsp3) is 0.467. The normalized spacial score (nSPS) is 11.3. The highest BCUT2D eigenvalue weighted by Crippen LogP contribution is 2.17. The molecule has 8 heteroatoms. The molecule has 23 heavy (non-hydrogen) atoms. The molecule has 0 unspecified atom stereocenters. The van der Waals surface area contributed by atoms with E-state index in [4.69, 9.17) is 26.4 Å². The summed E-state index contributed by atoms with van der Waals surface area (Å²) < 4.78 is 15.7. The third kappa shape index (κ3) is 8.22. The minimum Gasteiger partial charge on any atom is -0.494 e. The van der Waals surface area contributed by atoms with Crippen molar-refractivity contribution in [2.45, 2.75) is 19.9 Å². The lowest BCUT2D eigenvalue weighted by atomic mass is 10.3. The van der Waals surface area contributed by atoms with Crippen LogP contribution in [0.25, 0.3) is 0 Å². The Balaban J connectivity index is 2.24. The lowest BCUT2D eigenvalue weighted by molar-refractivity contribution is -0.123. The minimum atomic E-state index is -0.345. The highest BCUT2D eigenvalue weighted by molar-refractivity contribution is 7.80. The van der Waals surface area contributed by atoms with Gasteiger partial charge in [-0.25, -0.2) is 0 Å². The molecule has 0 aromatic heterocycles. The van der Waals surface area contributed by atoms with Gasteiger partial charge in [-0.2, -0.15) is 0 Å². The van der Waals surface area contributed by atoms with Gasteiger partial charge in [0.15, 0.2) is 11.7 Å². The largest absolute Gasteiger partial charge is 0.494 e. The van der Waals surface area contributed by atoms with Crippen LogP contribution in [0.5, 0.6) is 11.5 Å². The van der Waals surface area contributed by atoms with Crippen molar-refractivity contribution in [3.05, 3.63) is 24.3 Å². The first kappa shape index (κ1) is 19.0. The van der Waals surface area contributed by atoms with Gasteiger partial charge in [-0.1, -0.05) is 0 Å². The zero-order valence-corrected chi connectivity index (χ0v) is 14.4. The Morgan fingerprint density at radius 2 is 1.78 bits per heavy atom. The fourth-order valence-electron chi connectivity index (χ4n) is 1.66. The maximum Gasteiger partial charge on any atom is 0.276 e. The monoisotopic (exact) mass is 341 g/mol. The van der Waals surface area contributed by atoms with Gasteiger partial charge in [-0.05, 0) is 50.3 Å². The Morgan fingerprint density at radius 3 is 2.35 bits per heavy atom. The molecule has 1 atom stereocenters. The predicted molar refractivity (Wildman–Crippen MR) is 91.5 cm³/mol. The van der Waals surface area contributed by atoms with Crippen molar-refractivity contribution in [3.63, 3.8) is 0 Å². The number of nitrogens with one attached hydrogen (secondary N) is 3. The van der Waals surface area contributed by atoms with E-state index in [-0.39, 0.29) is 18.6 Å². The number of carbonyl (C=O) groups is 1. The molecule has 0 fully saturated rings. The number of hydrogen-bond acceptors (Lipinski definition) is 5. The van der Waals surface area contributed by atoms with Gasteiger partial charge in [0.2, 0.25) is 0 Å². The summed E-state index contributed by atoms with van der Waals surface area (Å²) in [7, 11) is 1.61. The molecule has 1 aromatic carbocycles. The van der Waals surface area contributed by atoms with Gasteiger partial charge >= 0.3 is 0 Å². The van der Waals surface area contributed by atoms with Crippen LogP contribution in [0.2, 0.25) is 0 Å². The summed E-state index contributed by atoms with van der Waals surface area (Å²) in [6.07, 6.45) is 0. The molecule has 3 N–H and O–H groups in total. The maximum absolute atomic E-state index is 11.7. The number of benzene rings is 1. The van der Waals surface area contributed by atoms with Crippen molar-refractivity contribution >= 4 is 23.2 Å². The van der Waals surface area contributed by atoms with E-state index in [2.05, 4.69) is 16.2 Å². The van der Waals surface area contributed by atoms with Gasteiger partial charge in [0.25, 0.3) is 5.91 Å². The van der Waals surface area contributed by atoms with Gasteiger partial charge in [0, 0.05) is 13.2 Å². The van der Waals surface area contributed by atoms with Crippen LogP contribution in [-0.2, 0) is 9.53 Å². The number of thiocarbonyl (C=S) groups is 1. The van der Waals surface area contributed by atoms with Gasteiger partial charge in [-0.15, -0.1) is 0 Å². The van der Waals surface area contributed by atoms with Crippen LogP contribution in [0.3, 0.4) is 0 Å². The summed E-state index contributed by atoms with van der Waals surface area (Å²) in [5.41, 5.74) is 5.05. The molecule has 0 aliphatic carbocycles. The second kappa shape index (κ2) is 10.6. The molecular formula is C15H23N3O4S. The van der Waals surface area contributed by atoms with Crippen molar-refractivity contribution in [1.29, 1.82) is 0 Å². The van der Waals surface area contributed by atoms with Gasteiger partial charge in [-0.3, -0.25) is 15.6 Å². The van der Waals surface area contributed by atoms with Crippen molar-refractivity contribution in [3.8, 4) is 11.5 Å². The molecule has 0 saturated heterocycles. The van der Waals surface area contributed by atoms with Crippen LogP contribution in [-0.4, -0.2) is 44.0 Å². The van der Waals surface area contributed by atoms with Crippen molar-refractivity contribution in [2.24, 2.45) is 0 Å². The minimum absolute atomic E-state index is 0.0389. The second-order valence-corrected chi connectivity index (χ2v) is 5.10. The summed E-state index contributed by atoms with van der Waals surface area (Å²) in [5.74, 6) is 0.994. The van der Waals surface area contributed by atoms with Crippen LogP contribution >= 0.6 is 12.2 Å². The van der Waals surface area contributed by atoms with Gasteiger partial charge < -0.3 is 19.5 Å². The maximum atomic E-state index is 11.7. The number of carbonyl (C=O) groups excluding carboxylic acids is 1. The molecule has 1 aromatic rings. The zero-order chi connectivity index (χ0) is 17.1. The van der Waals surface area contributed by atoms with Crippen LogP contribution in [0.15, 0.2) is 24.3 Å². The van der Waals surface area contributed by atoms with Crippen molar-refractivity contribution in [2.75, 3.05) is 26.9 Å². The Hall–Kier alpha value is -2.06. The summed E-state index contributed by atoms with van der Waals surface area (Å²) in [6, 6.07) is 7.09. The summed E-state index contributed by atoms with van der Waals surface area (Å²) in [5, 5.41) is 3.26. The highest BCUT2D eigenvalue weighted by Gasteiger charge is 2.06. The third-order valence-corrected chi connectivity index (χ3v) is 2.83. The molecule has 7 nitrogen and oxygen atoms in total. The van der Waals surface area contributed by atoms with Crippen molar-refractivity contribution < 1.29 is 19.0 Å². The van der Waals surface area contributed by atoms with E-state index in [1.165, 1.54) is 0 Å². The molecular weight excluding hydrogens is 318 g/mol. The molecule has 1 rings (SSSR count). The molecule has 0 radical (unpaired) electrons. The first-order valence-corrected chi connectivity index (χ1v) is 7.66. The Bertz CT molecular complexity index is 496.